The Bertz CT molecular complexity index is 1100. The highest BCUT2D eigenvalue weighted by Gasteiger charge is 2.07. The van der Waals surface area contributed by atoms with Crippen molar-refractivity contribution >= 4 is 16.7 Å². The lowest BCUT2D eigenvalue weighted by molar-refractivity contribution is 0.294. The van der Waals surface area contributed by atoms with Gasteiger partial charge in [0.05, 0.1) is 5.52 Å². The van der Waals surface area contributed by atoms with E-state index in [1.807, 2.05) is 54.7 Å². The number of rotatable bonds is 8. The maximum absolute atomic E-state index is 5.79. The number of anilines is 1. The van der Waals surface area contributed by atoms with Crippen molar-refractivity contribution in [3.8, 4) is 17.0 Å². The molecule has 4 aromatic rings. The fraction of sp³-hybridized carbons (Fsp3) is 0.240. The molecule has 2 heterocycles. The lowest BCUT2D eigenvalue weighted by Crippen LogP contribution is -2.06. The van der Waals surface area contributed by atoms with Crippen LogP contribution in [0.2, 0.25) is 0 Å². The number of benzene rings is 2. The Balaban J connectivity index is 1.51. The Morgan fingerprint density at radius 3 is 2.50 bits per heavy atom. The minimum atomic E-state index is 0.506. The molecular weight excluding hydrogens is 372 g/mol. The number of hydrogen-bond donors (Lipinski definition) is 1. The first kappa shape index (κ1) is 19.8. The van der Waals surface area contributed by atoms with Crippen molar-refractivity contribution in [3.05, 3.63) is 78.8 Å². The Labute approximate surface area is 177 Å². The summed E-state index contributed by atoms with van der Waals surface area (Å²) in [4.78, 5) is 13.3. The fourth-order valence-corrected chi connectivity index (χ4v) is 3.22. The molecule has 152 valence electrons. The fourth-order valence-electron chi connectivity index (χ4n) is 3.22. The van der Waals surface area contributed by atoms with Crippen molar-refractivity contribution in [2.24, 2.45) is 5.92 Å². The molecule has 0 bridgehead atoms. The molecule has 0 unspecified atom stereocenters. The van der Waals surface area contributed by atoms with Gasteiger partial charge in [0, 0.05) is 29.8 Å². The highest BCUT2D eigenvalue weighted by Crippen LogP contribution is 2.27. The summed E-state index contributed by atoms with van der Waals surface area (Å²) in [6.07, 6.45) is 4.55. The van der Waals surface area contributed by atoms with Crippen LogP contribution in [-0.2, 0) is 6.61 Å². The molecule has 4 rings (SSSR count). The van der Waals surface area contributed by atoms with E-state index in [0.29, 0.717) is 18.4 Å². The minimum absolute atomic E-state index is 0.506. The van der Waals surface area contributed by atoms with Crippen molar-refractivity contribution in [2.75, 3.05) is 11.9 Å². The summed E-state index contributed by atoms with van der Waals surface area (Å²) in [5, 5.41) is 4.47. The smallest absolute Gasteiger partial charge is 0.213 e. The van der Waals surface area contributed by atoms with Crippen molar-refractivity contribution < 1.29 is 4.74 Å². The lowest BCUT2D eigenvalue weighted by atomic mass is 10.1. The molecule has 0 radical (unpaired) electrons. The lowest BCUT2D eigenvalue weighted by Gasteiger charge is -2.11. The van der Waals surface area contributed by atoms with Gasteiger partial charge in [0.2, 0.25) is 5.88 Å². The molecule has 2 aromatic carbocycles. The predicted octanol–water partition coefficient (Wildman–Crippen LogP) is 5.73. The average Bonchev–Trinajstić information content (AvgIpc) is 2.78. The normalized spacial score (nSPS) is 11.0. The van der Waals surface area contributed by atoms with E-state index in [0.717, 1.165) is 46.4 Å². The van der Waals surface area contributed by atoms with Gasteiger partial charge in [-0.15, -0.1) is 0 Å². The molecule has 30 heavy (non-hydrogen) atoms. The third kappa shape index (κ3) is 4.92. The van der Waals surface area contributed by atoms with E-state index in [1.165, 1.54) is 0 Å². The number of nitrogens with zero attached hydrogens (tertiary/aromatic N) is 3. The first-order valence-corrected chi connectivity index (χ1v) is 10.3. The molecule has 0 amide bonds. The van der Waals surface area contributed by atoms with Crippen molar-refractivity contribution in [3.63, 3.8) is 0 Å². The van der Waals surface area contributed by atoms with Crippen LogP contribution < -0.4 is 10.1 Å². The van der Waals surface area contributed by atoms with Crippen LogP contribution in [0.3, 0.4) is 0 Å². The summed E-state index contributed by atoms with van der Waals surface area (Å²) in [6, 6.07) is 20.2. The van der Waals surface area contributed by atoms with Crippen LogP contribution in [0, 0.1) is 5.92 Å². The quantitative estimate of drug-likeness (QED) is 0.411. The van der Waals surface area contributed by atoms with Crippen LogP contribution in [0.1, 0.15) is 25.8 Å². The van der Waals surface area contributed by atoms with Crippen LogP contribution in [0.25, 0.3) is 22.0 Å². The van der Waals surface area contributed by atoms with Crippen molar-refractivity contribution in [2.45, 2.75) is 26.9 Å². The van der Waals surface area contributed by atoms with E-state index in [4.69, 9.17) is 4.74 Å². The van der Waals surface area contributed by atoms with Gasteiger partial charge >= 0.3 is 0 Å². The molecule has 0 atom stereocenters. The van der Waals surface area contributed by atoms with Gasteiger partial charge in [0.15, 0.2) is 0 Å². The average molecular weight is 399 g/mol. The second kappa shape index (κ2) is 9.35. The Kier molecular flexibility index (Phi) is 6.18. The summed E-state index contributed by atoms with van der Waals surface area (Å²) in [6.45, 7) is 5.84. The van der Waals surface area contributed by atoms with Gasteiger partial charge in [-0.1, -0.05) is 50.2 Å². The maximum Gasteiger partial charge on any atom is 0.213 e. The number of aromatic nitrogens is 3. The van der Waals surface area contributed by atoms with Crippen LogP contribution in [-0.4, -0.2) is 21.5 Å². The highest BCUT2D eigenvalue weighted by molar-refractivity contribution is 5.92. The molecule has 0 aliphatic carbocycles. The monoisotopic (exact) mass is 398 g/mol. The molecule has 0 aliphatic rings. The molecule has 5 heteroatoms. The van der Waals surface area contributed by atoms with E-state index in [9.17, 15) is 0 Å². The van der Waals surface area contributed by atoms with Crippen LogP contribution in [0.4, 0.5) is 5.82 Å². The molecule has 2 aromatic heterocycles. The van der Waals surface area contributed by atoms with Crippen LogP contribution >= 0.6 is 0 Å². The first-order valence-electron chi connectivity index (χ1n) is 10.3. The molecule has 0 saturated heterocycles. The molecule has 0 fully saturated rings. The SMILES string of the molecule is CC(C)CCNc1ncnc2ccc(-c3ccc(OCc4ccccc4)nc3)cc12. The summed E-state index contributed by atoms with van der Waals surface area (Å²) in [5.41, 5.74) is 4.15. The number of nitrogens with one attached hydrogen (secondary N) is 1. The number of fused-ring (bicyclic) bond motifs is 1. The van der Waals surface area contributed by atoms with E-state index < -0.39 is 0 Å². The van der Waals surface area contributed by atoms with E-state index in [2.05, 4.69) is 46.2 Å². The molecule has 0 saturated carbocycles. The third-order valence-electron chi connectivity index (χ3n) is 4.95. The third-order valence-corrected chi connectivity index (χ3v) is 4.95. The maximum atomic E-state index is 5.79. The second-order valence-corrected chi connectivity index (χ2v) is 7.72. The number of ether oxygens (including phenoxy) is 1. The predicted molar refractivity (Wildman–Crippen MR) is 121 cm³/mol. The second-order valence-electron chi connectivity index (χ2n) is 7.72. The van der Waals surface area contributed by atoms with E-state index in [1.54, 1.807) is 6.33 Å². The van der Waals surface area contributed by atoms with Gasteiger partial charge in [-0.3, -0.25) is 0 Å². The van der Waals surface area contributed by atoms with Gasteiger partial charge in [-0.2, -0.15) is 0 Å². The molecule has 5 nitrogen and oxygen atoms in total. The Hall–Kier alpha value is -3.47. The minimum Gasteiger partial charge on any atom is -0.473 e. The number of pyridine rings is 1. The van der Waals surface area contributed by atoms with Crippen LogP contribution in [0.15, 0.2) is 73.2 Å². The summed E-state index contributed by atoms with van der Waals surface area (Å²) >= 11 is 0. The largest absolute Gasteiger partial charge is 0.473 e. The van der Waals surface area contributed by atoms with Crippen LogP contribution in [0.5, 0.6) is 5.88 Å². The topological polar surface area (TPSA) is 59.9 Å². The zero-order valence-electron chi connectivity index (χ0n) is 17.4. The summed E-state index contributed by atoms with van der Waals surface area (Å²) in [7, 11) is 0. The van der Waals surface area contributed by atoms with Gasteiger partial charge < -0.3 is 10.1 Å². The Morgan fingerprint density at radius 2 is 1.73 bits per heavy atom. The molecule has 0 aliphatic heterocycles. The zero-order chi connectivity index (χ0) is 20.8. The highest BCUT2D eigenvalue weighted by atomic mass is 16.5. The van der Waals surface area contributed by atoms with Crippen molar-refractivity contribution in [1.82, 2.24) is 15.0 Å². The van der Waals surface area contributed by atoms with Gasteiger partial charge in [0.1, 0.15) is 18.8 Å². The van der Waals surface area contributed by atoms with Gasteiger partial charge in [-0.05, 0) is 41.7 Å². The molecule has 0 spiro atoms. The zero-order valence-corrected chi connectivity index (χ0v) is 17.4. The van der Waals surface area contributed by atoms with E-state index >= 15 is 0 Å². The molecule has 1 N–H and O–H groups in total. The Morgan fingerprint density at radius 1 is 0.900 bits per heavy atom. The van der Waals surface area contributed by atoms with E-state index in [-0.39, 0.29) is 0 Å². The van der Waals surface area contributed by atoms with Crippen molar-refractivity contribution in [1.29, 1.82) is 0 Å². The molecular formula is C25H26N4O. The summed E-state index contributed by atoms with van der Waals surface area (Å²) < 4.78 is 5.79. The first-order chi connectivity index (χ1) is 14.7. The van der Waals surface area contributed by atoms with Gasteiger partial charge in [0.25, 0.3) is 0 Å². The standard InChI is InChI=1S/C25H26N4O/c1-18(2)12-13-26-25-22-14-20(8-10-23(22)28-17-29-25)21-9-11-24(27-15-21)30-16-19-6-4-3-5-7-19/h3-11,14-15,17-18H,12-13,16H2,1-2H3,(H,26,28,29). The summed E-state index contributed by atoms with van der Waals surface area (Å²) in [5.74, 6) is 2.14. The number of hydrogen-bond acceptors (Lipinski definition) is 5. The van der Waals surface area contributed by atoms with Gasteiger partial charge in [-0.25, -0.2) is 15.0 Å².